The van der Waals surface area contributed by atoms with Gasteiger partial charge in [0.2, 0.25) is 5.91 Å². The van der Waals surface area contributed by atoms with Crippen LogP contribution in [0.4, 0.5) is 0 Å². The minimum Gasteiger partial charge on any atom is -0.395 e. The minimum absolute atomic E-state index is 0.0471. The molecule has 0 spiro atoms. The molecule has 1 fully saturated rings. The molecule has 0 atom stereocenters. The number of fused-ring (bicyclic) bond motifs is 1. The van der Waals surface area contributed by atoms with Gasteiger partial charge >= 0.3 is 0 Å². The number of piperidine rings is 1. The zero-order chi connectivity index (χ0) is 17.8. The van der Waals surface area contributed by atoms with Gasteiger partial charge in [-0.25, -0.2) is 0 Å². The molecular formula is C20H24N2O3. The molecule has 1 aliphatic heterocycles. The summed E-state index contributed by atoms with van der Waals surface area (Å²) in [6.07, 6.45) is 1.50. The Hall–Kier alpha value is -2.40. The fourth-order valence-corrected chi connectivity index (χ4v) is 3.55. The summed E-state index contributed by atoms with van der Waals surface area (Å²) >= 11 is 0. The first kappa shape index (κ1) is 17.4. The highest BCUT2D eigenvalue weighted by atomic mass is 16.3. The standard InChI is InChI=1S/C20H24N2O3/c1-15(24)21-9-7-19(8-10-21)22(11-12-23)20(25)18-13-16-5-3-2-4-6-17(16)14-18/h2-6,13-14,19,23H,7-12H2,1H3. The van der Waals surface area contributed by atoms with Crippen LogP contribution in [0.5, 0.6) is 0 Å². The van der Waals surface area contributed by atoms with Gasteiger partial charge in [-0.2, -0.15) is 0 Å². The van der Waals surface area contributed by atoms with Gasteiger partial charge in [0.05, 0.1) is 6.61 Å². The van der Waals surface area contributed by atoms with Gasteiger partial charge in [0, 0.05) is 38.2 Å². The predicted octanol–water partition coefficient (Wildman–Crippen LogP) is 2.24. The second-order valence-electron chi connectivity index (χ2n) is 6.52. The Kier molecular flexibility index (Phi) is 5.34. The molecular weight excluding hydrogens is 316 g/mol. The monoisotopic (exact) mass is 340 g/mol. The third-order valence-corrected chi connectivity index (χ3v) is 4.93. The molecule has 0 aromatic carbocycles. The predicted molar refractivity (Wildman–Crippen MR) is 96.5 cm³/mol. The summed E-state index contributed by atoms with van der Waals surface area (Å²) in [6.45, 7) is 3.15. The molecule has 25 heavy (non-hydrogen) atoms. The lowest BCUT2D eigenvalue weighted by molar-refractivity contribution is -0.130. The molecule has 0 aromatic rings. The molecule has 5 nitrogen and oxygen atoms in total. The van der Waals surface area contributed by atoms with Crippen LogP contribution in [-0.2, 0) is 4.79 Å². The number of aliphatic hydroxyl groups excluding tert-OH is 1. The first-order valence-corrected chi connectivity index (χ1v) is 8.76. The maximum Gasteiger partial charge on any atom is 0.254 e. The zero-order valence-corrected chi connectivity index (χ0v) is 14.5. The smallest absolute Gasteiger partial charge is 0.254 e. The molecule has 1 saturated heterocycles. The van der Waals surface area contributed by atoms with E-state index in [1.165, 1.54) is 0 Å². The molecule has 0 aromatic heterocycles. The van der Waals surface area contributed by atoms with E-state index >= 15 is 0 Å². The molecule has 1 heterocycles. The van der Waals surface area contributed by atoms with Crippen molar-refractivity contribution >= 4 is 11.8 Å². The summed E-state index contributed by atoms with van der Waals surface area (Å²) in [5.74, 6) is 0.0304. The van der Waals surface area contributed by atoms with Gasteiger partial charge in [0.1, 0.15) is 0 Å². The van der Waals surface area contributed by atoms with E-state index in [9.17, 15) is 14.7 Å². The van der Waals surface area contributed by atoms with Crippen molar-refractivity contribution < 1.29 is 14.7 Å². The fourth-order valence-electron chi connectivity index (χ4n) is 3.55. The quantitative estimate of drug-likeness (QED) is 0.928. The van der Waals surface area contributed by atoms with Crippen LogP contribution in [0.3, 0.4) is 0 Å². The fraction of sp³-hybridized carbons (Fsp3) is 0.400. The highest BCUT2D eigenvalue weighted by Crippen LogP contribution is 2.27. The number of carbonyl (C=O) groups excluding carboxylic acids is 2. The second-order valence-corrected chi connectivity index (χ2v) is 6.52. The average molecular weight is 340 g/mol. The number of amides is 2. The number of rotatable bonds is 4. The SMILES string of the molecule is CC(=O)N1CCC(N(CCO)C(=O)c2cc3cccccc-3c2)CC1. The Bertz CT molecular complexity index is 692. The third kappa shape index (κ3) is 3.82. The molecule has 3 rings (SSSR count). The van der Waals surface area contributed by atoms with E-state index in [-0.39, 0.29) is 24.5 Å². The Morgan fingerprint density at radius 3 is 2.24 bits per heavy atom. The van der Waals surface area contributed by atoms with Gasteiger partial charge in [-0.1, -0.05) is 30.3 Å². The van der Waals surface area contributed by atoms with Crippen LogP contribution in [0, 0.1) is 0 Å². The van der Waals surface area contributed by atoms with Crippen LogP contribution in [-0.4, -0.2) is 59.0 Å². The van der Waals surface area contributed by atoms with Crippen molar-refractivity contribution in [3.63, 3.8) is 0 Å². The Balaban J connectivity index is 1.79. The number of aliphatic hydroxyl groups is 1. The lowest BCUT2D eigenvalue weighted by Gasteiger charge is -2.38. The van der Waals surface area contributed by atoms with Crippen LogP contribution in [0.1, 0.15) is 30.1 Å². The van der Waals surface area contributed by atoms with E-state index in [1.807, 2.05) is 47.4 Å². The van der Waals surface area contributed by atoms with Crippen LogP contribution < -0.4 is 0 Å². The Morgan fingerprint density at radius 2 is 1.72 bits per heavy atom. The average Bonchev–Trinajstić information content (AvgIpc) is 2.90. The number of hydrogen-bond donors (Lipinski definition) is 1. The van der Waals surface area contributed by atoms with Crippen LogP contribution in [0.15, 0.2) is 42.5 Å². The highest BCUT2D eigenvalue weighted by molar-refractivity contribution is 5.98. The van der Waals surface area contributed by atoms with E-state index in [1.54, 1.807) is 11.8 Å². The number of hydrogen-bond acceptors (Lipinski definition) is 3. The summed E-state index contributed by atoms with van der Waals surface area (Å²) in [4.78, 5) is 28.1. The molecule has 0 saturated carbocycles. The van der Waals surface area contributed by atoms with Crippen LogP contribution >= 0.6 is 0 Å². The van der Waals surface area contributed by atoms with Crippen molar-refractivity contribution in [2.45, 2.75) is 25.8 Å². The molecule has 0 radical (unpaired) electrons. The lowest BCUT2D eigenvalue weighted by Crippen LogP contribution is -2.49. The normalized spacial score (nSPS) is 15.4. The maximum absolute atomic E-state index is 13.0. The van der Waals surface area contributed by atoms with Crippen molar-refractivity contribution in [1.29, 1.82) is 0 Å². The number of nitrogens with zero attached hydrogens (tertiary/aromatic N) is 2. The van der Waals surface area contributed by atoms with Crippen LogP contribution in [0.2, 0.25) is 0 Å². The van der Waals surface area contributed by atoms with E-state index in [4.69, 9.17) is 0 Å². The van der Waals surface area contributed by atoms with Crippen molar-refractivity contribution in [2.24, 2.45) is 0 Å². The first-order valence-electron chi connectivity index (χ1n) is 8.76. The minimum atomic E-state index is -0.0617. The van der Waals surface area contributed by atoms with Crippen molar-refractivity contribution in [2.75, 3.05) is 26.2 Å². The number of likely N-dealkylation sites (tertiary alicyclic amines) is 1. The van der Waals surface area contributed by atoms with E-state index in [0.29, 0.717) is 25.2 Å². The van der Waals surface area contributed by atoms with E-state index in [0.717, 1.165) is 24.0 Å². The van der Waals surface area contributed by atoms with Crippen molar-refractivity contribution in [1.82, 2.24) is 9.80 Å². The first-order chi connectivity index (χ1) is 12.1. The molecule has 132 valence electrons. The largest absolute Gasteiger partial charge is 0.395 e. The molecule has 0 unspecified atom stereocenters. The topological polar surface area (TPSA) is 60.9 Å². The second kappa shape index (κ2) is 7.66. The summed E-state index contributed by atoms with van der Waals surface area (Å²) in [5, 5.41) is 9.42. The molecule has 2 aliphatic carbocycles. The molecule has 3 aliphatic rings. The van der Waals surface area contributed by atoms with Crippen LogP contribution in [0.25, 0.3) is 11.1 Å². The van der Waals surface area contributed by atoms with Gasteiger partial charge in [-0.05, 0) is 36.1 Å². The highest BCUT2D eigenvalue weighted by Gasteiger charge is 2.29. The number of carbonyl (C=O) groups is 2. The lowest BCUT2D eigenvalue weighted by atomic mass is 10.0. The molecule has 2 amide bonds. The van der Waals surface area contributed by atoms with E-state index in [2.05, 4.69) is 0 Å². The molecule has 0 bridgehead atoms. The molecule has 1 N–H and O–H groups in total. The summed E-state index contributed by atoms with van der Waals surface area (Å²) in [6, 6.07) is 13.7. The van der Waals surface area contributed by atoms with Gasteiger partial charge in [0.15, 0.2) is 0 Å². The summed E-state index contributed by atoms with van der Waals surface area (Å²) in [5.41, 5.74) is 2.72. The summed E-state index contributed by atoms with van der Waals surface area (Å²) < 4.78 is 0. The Labute approximate surface area is 148 Å². The van der Waals surface area contributed by atoms with Gasteiger partial charge in [-0.15, -0.1) is 0 Å². The van der Waals surface area contributed by atoms with Crippen molar-refractivity contribution in [3.05, 3.63) is 48.0 Å². The maximum atomic E-state index is 13.0. The van der Waals surface area contributed by atoms with E-state index < -0.39 is 0 Å². The Morgan fingerprint density at radius 1 is 1.12 bits per heavy atom. The van der Waals surface area contributed by atoms with Gasteiger partial charge in [-0.3, -0.25) is 9.59 Å². The van der Waals surface area contributed by atoms with Gasteiger partial charge < -0.3 is 14.9 Å². The molecule has 5 heteroatoms. The van der Waals surface area contributed by atoms with Crippen molar-refractivity contribution in [3.8, 4) is 11.1 Å². The third-order valence-electron chi connectivity index (χ3n) is 4.93. The zero-order valence-electron chi connectivity index (χ0n) is 14.5. The van der Waals surface area contributed by atoms with Gasteiger partial charge in [0.25, 0.3) is 5.91 Å². The summed E-state index contributed by atoms with van der Waals surface area (Å²) in [7, 11) is 0.